The van der Waals surface area contributed by atoms with E-state index in [9.17, 15) is 4.79 Å². The van der Waals surface area contributed by atoms with Gasteiger partial charge < -0.3 is 20.5 Å². The molecule has 4 rings (SSSR count). The van der Waals surface area contributed by atoms with Crippen LogP contribution in [0.25, 0.3) is 0 Å². The fraction of sp³-hybridized carbons (Fsp3) is 0.500. The second kappa shape index (κ2) is 7.23. The van der Waals surface area contributed by atoms with Gasteiger partial charge in [-0.2, -0.15) is 5.10 Å². The average molecular weight is 370 g/mol. The standard InChI is InChI=1S/C20H26N4O3/c1-12-5-14-6-16(26-2)7-15(19(14)27-12)9-22-8-13-3-4-18-17(20(21)25)10-23-24(18)11-13/h6-7,10,12-13,22H,3-5,8-9,11H2,1-2H3,(H2,21,25)/t12-,13-/m1/s1. The normalized spacial score (nSPS) is 20.7. The number of carbonyl (C=O) groups is 1. The van der Waals surface area contributed by atoms with E-state index in [1.807, 2.05) is 4.68 Å². The number of nitrogens with two attached hydrogens (primary N) is 1. The summed E-state index contributed by atoms with van der Waals surface area (Å²) >= 11 is 0. The van der Waals surface area contributed by atoms with Gasteiger partial charge in [-0.25, -0.2) is 0 Å². The van der Waals surface area contributed by atoms with E-state index in [2.05, 4.69) is 29.5 Å². The van der Waals surface area contributed by atoms with Crippen LogP contribution >= 0.6 is 0 Å². The summed E-state index contributed by atoms with van der Waals surface area (Å²) in [4.78, 5) is 11.4. The topological polar surface area (TPSA) is 91.4 Å². The van der Waals surface area contributed by atoms with Gasteiger partial charge in [-0.3, -0.25) is 9.48 Å². The zero-order valence-electron chi connectivity index (χ0n) is 15.8. The van der Waals surface area contributed by atoms with E-state index in [0.717, 1.165) is 61.7 Å². The molecule has 3 heterocycles. The number of aromatic nitrogens is 2. The van der Waals surface area contributed by atoms with Crippen LogP contribution in [0.2, 0.25) is 0 Å². The van der Waals surface area contributed by atoms with Crippen molar-refractivity contribution >= 4 is 5.91 Å². The van der Waals surface area contributed by atoms with Crippen molar-refractivity contribution in [1.29, 1.82) is 0 Å². The van der Waals surface area contributed by atoms with Crippen molar-refractivity contribution in [2.24, 2.45) is 11.7 Å². The molecule has 0 radical (unpaired) electrons. The van der Waals surface area contributed by atoms with Gasteiger partial charge >= 0.3 is 0 Å². The highest BCUT2D eigenvalue weighted by Crippen LogP contribution is 2.36. The third-order valence-electron chi connectivity index (χ3n) is 5.46. The van der Waals surface area contributed by atoms with E-state index in [4.69, 9.17) is 15.2 Å². The molecule has 0 saturated carbocycles. The minimum absolute atomic E-state index is 0.210. The van der Waals surface area contributed by atoms with Gasteiger partial charge in [0.05, 0.1) is 24.6 Å². The summed E-state index contributed by atoms with van der Waals surface area (Å²) in [5.41, 5.74) is 9.29. The number of hydrogen-bond acceptors (Lipinski definition) is 5. The van der Waals surface area contributed by atoms with Crippen molar-refractivity contribution in [3.05, 3.63) is 40.7 Å². The lowest BCUT2D eigenvalue weighted by Gasteiger charge is -2.24. The smallest absolute Gasteiger partial charge is 0.252 e. The lowest BCUT2D eigenvalue weighted by Crippen LogP contribution is -2.31. The van der Waals surface area contributed by atoms with Crippen molar-refractivity contribution in [2.45, 2.75) is 45.4 Å². The molecule has 0 fully saturated rings. The SMILES string of the molecule is COc1cc(CNC[C@H]2CCc3c(C(N)=O)cnn3C2)c2c(c1)C[C@@H](C)O2. The highest BCUT2D eigenvalue weighted by molar-refractivity contribution is 5.93. The van der Waals surface area contributed by atoms with Crippen LogP contribution in [0.5, 0.6) is 11.5 Å². The highest BCUT2D eigenvalue weighted by atomic mass is 16.5. The molecule has 1 amide bonds. The monoisotopic (exact) mass is 370 g/mol. The van der Waals surface area contributed by atoms with Crippen LogP contribution in [0, 0.1) is 5.92 Å². The van der Waals surface area contributed by atoms with Gasteiger partial charge in [0.2, 0.25) is 0 Å². The molecule has 2 aliphatic rings. The zero-order valence-corrected chi connectivity index (χ0v) is 15.8. The summed E-state index contributed by atoms with van der Waals surface area (Å²) in [6.07, 6.45) is 4.57. The molecular weight excluding hydrogens is 344 g/mol. The summed E-state index contributed by atoms with van der Waals surface area (Å²) in [5.74, 6) is 1.95. The first kappa shape index (κ1) is 17.9. The predicted molar refractivity (Wildman–Crippen MR) is 101 cm³/mol. The fourth-order valence-electron chi connectivity index (χ4n) is 4.12. The minimum Gasteiger partial charge on any atom is -0.497 e. The molecule has 27 heavy (non-hydrogen) atoms. The van der Waals surface area contributed by atoms with Crippen LogP contribution in [0.1, 0.15) is 40.5 Å². The minimum atomic E-state index is -0.395. The number of nitrogens with zero attached hydrogens (tertiary/aromatic N) is 2. The number of primary amides is 1. The van der Waals surface area contributed by atoms with Crippen molar-refractivity contribution < 1.29 is 14.3 Å². The third kappa shape index (κ3) is 3.51. The fourth-order valence-corrected chi connectivity index (χ4v) is 4.12. The Morgan fingerprint density at radius 1 is 1.48 bits per heavy atom. The second-order valence-corrected chi connectivity index (χ2v) is 7.49. The Morgan fingerprint density at radius 2 is 2.33 bits per heavy atom. The maximum Gasteiger partial charge on any atom is 0.252 e. The summed E-state index contributed by atoms with van der Waals surface area (Å²) < 4.78 is 13.4. The van der Waals surface area contributed by atoms with Crippen LogP contribution in [0.4, 0.5) is 0 Å². The van der Waals surface area contributed by atoms with E-state index in [1.54, 1.807) is 13.3 Å². The van der Waals surface area contributed by atoms with Gasteiger partial charge in [0.25, 0.3) is 5.91 Å². The summed E-state index contributed by atoms with van der Waals surface area (Å²) in [6.45, 7) is 4.51. The predicted octanol–water partition coefficient (Wildman–Crippen LogP) is 1.67. The first-order chi connectivity index (χ1) is 13.0. The second-order valence-electron chi connectivity index (χ2n) is 7.49. The summed E-state index contributed by atoms with van der Waals surface area (Å²) in [6, 6.07) is 4.12. The molecule has 0 aliphatic carbocycles. The maximum absolute atomic E-state index is 11.4. The lowest BCUT2D eigenvalue weighted by molar-refractivity contribution is 0.0998. The average Bonchev–Trinajstić information content (AvgIpc) is 3.23. The number of fused-ring (bicyclic) bond motifs is 2. The molecule has 0 unspecified atom stereocenters. The molecule has 0 bridgehead atoms. The maximum atomic E-state index is 11.4. The van der Waals surface area contributed by atoms with Crippen molar-refractivity contribution in [2.75, 3.05) is 13.7 Å². The number of hydrogen-bond donors (Lipinski definition) is 2. The molecule has 1 aromatic heterocycles. The number of amides is 1. The lowest BCUT2D eigenvalue weighted by atomic mass is 9.96. The molecule has 3 N–H and O–H groups in total. The van der Waals surface area contributed by atoms with Crippen LogP contribution in [0.15, 0.2) is 18.3 Å². The van der Waals surface area contributed by atoms with Crippen LogP contribution < -0.4 is 20.5 Å². The Labute approximate surface area is 158 Å². The first-order valence-electron chi connectivity index (χ1n) is 9.46. The van der Waals surface area contributed by atoms with Crippen LogP contribution in [-0.4, -0.2) is 35.4 Å². The number of methoxy groups -OCH3 is 1. The zero-order chi connectivity index (χ0) is 19.0. The number of nitrogens with one attached hydrogen (secondary N) is 1. The van der Waals surface area contributed by atoms with Gasteiger partial charge in [0, 0.05) is 37.2 Å². The molecule has 1 aromatic carbocycles. The molecule has 0 spiro atoms. The molecule has 0 saturated heterocycles. The van der Waals surface area contributed by atoms with Crippen LogP contribution in [-0.2, 0) is 25.9 Å². The molecular formula is C20H26N4O3. The Balaban J connectivity index is 1.38. The van der Waals surface area contributed by atoms with E-state index >= 15 is 0 Å². The van der Waals surface area contributed by atoms with Crippen LogP contribution in [0.3, 0.4) is 0 Å². The molecule has 7 nitrogen and oxygen atoms in total. The summed E-state index contributed by atoms with van der Waals surface area (Å²) in [7, 11) is 1.70. The molecule has 144 valence electrons. The van der Waals surface area contributed by atoms with Gasteiger partial charge in [0.1, 0.15) is 17.6 Å². The Morgan fingerprint density at radius 3 is 3.11 bits per heavy atom. The van der Waals surface area contributed by atoms with E-state index in [1.165, 1.54) is 5.56 Å². The van der Waals surface area contributed by atoms with Crippen molar-refractivity contribution in [3.63, 3.8) is 0 Å². The Kier molecular flexibility index (Phi) is 4.78. The number of carbonyl (C=O) groups excluding carboxylic acids is 1. The number of rotatable bonds is 6. The highest BCUT2D eigenvalue weighted by Gasteiger charge is 2.25. The van der Waals surface area contributed by atoms with Crippen molar-refractivity contribution in [3.8, 4) is 11.5 Å². The molecule has 2 aliphatic heterocycles. The van der Waals surface area contributed by atoms with Crippen molar-refractivity contribution in [1.82, 2.24) is 15.1 Å². The molecule has 7 heteroatoms. The molecule has 2 aromatic rings. The van der Waals surface area contributed by atoms with Gasteiger partial charge in [-0.15, -0.1) is 0 Å². The van der Waals surface area contributed by atoms with E-state index in [0.29, 0.717) is 11.5 Å². The van der Waals surface area contributed by atoms with Gasteiger partial charge in [0.15, 0.2) is 0 Å². The third-order valence-corrected chi connectivity index (χ3v) is 5.46. The van der Waals surface area contributed by atoms with Gasteiger partial charge in [-0.05, 0) is 37.8 Å². The van der Waals surface area contributed by atoms with Gasteiger partial charge in [-0.1, -0.05) is 0 Å². The van der Waals surface area contributed by atoms with E-state index in [-0.39, 0.29) is 6.10 Å². The number of ether oxygens (including phenoxy) is 2. The first-order valence-corrected chi connectivity index (χ1v) is 9.46. The Hall–Kier alpha value is -2.54. The largest absolute Gasteiger partial charge is 0.497 e. The number of benzene rings is 1. The summed E-state index contributed by atoms with van der Waals surface area (Å²) in [5, 5.41) is 7.88. The molecule has 2 atom stereocenters. The van der Waals surface area contributed by atoms with E-state index < -0.39 is 5.91 Å². The Bertz CT molecular complexity index is 861. The quantitative estimate of drug-likeness (QED) is 0.807.